The van der Waals surface area contributed by atoms with Crippen LogP contribution in [0.5, 0.6) is 0 Å². The van der Waals surface area contributed by atoms with Gasteiger partial charge in [0.25, 0.3) is 0 Å². The first kappa shape index (κ1) is 11.0. The quantitative estimate of drug-likeness (QED) is 0.589. The van der Waals surface area contributed by atoms with E-state index in [4.69, 9.17) is 0 Å². The molecular formula is C12H26N+. The fourth-order valence-corrected chi connectivity index (χ4v) is 3.48. The van der Waals surface area contributed by atoms with Crippen LogP contribution in [0.1, 0.15) is 40.5 Å². The van der Waals surface area contributed by atoms with Crippen molar-refractivity contribution in [2.75, 3.05) is 20.6 Å². The minimum Gasteiger partial charge on any atom is -0.326 e. The van der Waals surface area contributed by atoms with E-state index in [0.29, 0.717) is 5.41 Å². The predicted molar refractivity (Wildman–Crippen MR) is 58.6 cm³/mol. The zero-order valence-electron chi connectivity index (χ0n) is 10.2. The normalized spacial score (nSPS) is 31.8. The van der Waals surface area contributed by atoms with E-state index in [9.17, 15) is 0 Å². The van der Waals surface area contributed by atoms with Gasteiger partial charge < -0.3 is 4.48 Å². The molecule has 0 aliphatic heterocycles. The van der Waals surface area contributed by atoms with E-state index < -0.39 is 0 Å². The Bertz CT molecular complexity index is 180. The molecule has 1 aliphatic carbocycles. The van der Waals surface area contributed by atoms with Gasteiger partial charge in [-0.3, -0.25) is 0 Å². The summed E-state index contributed by atoms with van der Waals surface area (Å²) in [6.45, 7) is 10.7. The number of rotatable bonds is 4. The van der Waals surface area contributed by atoms with Gasteiger partial charge in [-0.2, -0.15) is 0 Å². The maximum Gasteiger partial charge on any atom is 0.0981 e. The van der Waals surface area contributed by atoms with Crippen LogP contribution in [0.4, 0.5) is 0 Å². The van der Waals surface area contributed by atoms with Crippen molar-refractivity contribution in [3.63, 3.8) is 0 Å². The van der Waals surface area contributed by atoms with Crippen LogP contribution in [-0.4, -0.2) is 31.2 Å². The van der Waals surface area contributed by atoms with Crippen LogP contribution < -0.4 is 0 Å². The van der Waals surface area contributed by atoms with E-state index in [-0.39, 0.29) is 0 Å². The third-order valence-electron chi connectivity index (χ3n) is 4.74. The van der Waals surface area contributed by atoms with Gasteiger partial charge in [0.1, 0.15) is 0 Å². The Morgan fingerprint density at radius 1 is 1.08 bits per heavy atom. The van der Waals surface area contributed by atoms with Crippen molar-refractivity contribution in [3.8, 4) is 0 Å². The van der Waals surface area contributed by atoms with Crippen molar-refractivity contribution in [1.29, 1.82) is 0 Å². The first-order valence-corrected chi connectivity index (χ1v) is 5.79. The highest BCUT2D eigenvalue weighted by Crippen LogP contribution is 2.61. The fraction of sp³-hybridized carbons (Fsp3) is 1.00. The van der Waals surface area contributed by atoms with Crippen molar-refractivity contribution in [2.24, 2.45) is 11.3 Å². The molecule has 0 N–H and O–H groups in total. The fourth-order valence-electron chi connectivity index (χ4n) is 3.48. The molecule has 1 nitrogen and oxygen atoms in total. The van der Waals surface area contributed by atoms with E-state index in [1.807, 2.05) is 0 Å². The van der Waals surface area contributed by atoms with Crippen molar-refractivity contribution in [2.45, 2.75) is 46.6 Å². The van der Waals surface area contributed by atoms with Gasteiger partial charge in [-0.25, -0.2) is 0 Å². The summed E-state index contributed by atoms with van der Waals surface area (Å²) >= 11 is 0. The molecule has 1 heteroatoms. The van der Waals surface area contributed by atoms with E-state index in [1.165, 1.54) is 23.9 Å². The van der Waals surface area contributed by atoms with Gasteiger partial charge >= 0.3 is 0 Å². The summed E-state index contributed by atoms with van der Waals surface area (Å²) in [6, 6.07) is 0.910. The van der Waals surface area contributed by atoms with Gasteiger partial charge in [0, 0.05) is 11.3 Å². The van der Waals surface area contributed by atoms with Crippen molar-refractivity contribution in [3.05, 3.63) is 0 Å². The van der Waals surface area contributed by atoms with Gasteiger partial charge in [0.15, 0.2) is 0 Å². The second-order valence-corrected chi connectivity index (χ2v) is 5.27. The second-order valence-electron chi connectivity index (χ2n) is 5.27. The molecule has 1 rings (SSSR count). The molecule has 1 saturated carbocycles. The first-order chi connectivity index (χ1) is 5.96. The summed E-state index contributed by atoms with van der Waals surface area (Å²) in [7, 11) is 4.77. The molecule has 0 aromatic rings. The molecule has 2 atom stereocenters. The molecule has 0 saturated heterocycles. The average molecular weight is 184 g/mol. The molecule has 0 spiro atoms. The van der Waals surface area contributed by atoms with Crippen LogP contribution in [0.15, 0.2) is 0 Å². The number of nitrogens with zero attached hydrogens (tertiary/aromatic N) is 1. The molecule has 0 radical (unpaired) electrons. The Morgan fingerprint density at radius 2 is 1.54 bits per heavy atom. The van der Waals surface area contributed by atoms with Gasteiger partial charge in [0.2, 0.25) is 0 Å². The lowest BCUT2D eigenvalue weighted by Gasteiger charge is -2.31. The van der Waals surface area contributed by atoms with Crippen LogP contribution in [0.25, 0.3) is 0 Å². The Balaban J connectivity index is 2.76. The topological polar surface area (TPSA) is 0 Å². The lowest BCUT2D eigenvalue weighted by atomic mass is 9.96. The third-order valence-corrected chi connectivity index (χ3v) is 4.74. The standard InChI is InChI=1S/C12H26N/c1-7-12(8-2)10(4)11(12)13(5,6)9-3/h10-11H,7-9H2,1-6H3/q+1. The number of hydrogen-bond donors (Lipinski definition) is 0. The van der Waals surface area contributed by atoms with Crippen LogP contribution in [0, 0.1) is 11.3 Å². The molecule has 2 unspecified atom stereocenters. The predicted octanol–water partition coefficient (Wildman–Crippen LogP) is 2.91. The largest absolute Gasteiger partial charge is 0.326 e. The maximum absolute atomic E-state index is 2.44. The van der Waals surface area contributed by atoms with E-state index in [1.54, 1.807) is 0 Å². The molecule has 0 aromatic heterocycles. The van der Waals surface area contributed by atoms with Crippen molar-refractivity contribution < 1.29 is 4.48 Å². The Hall–Kier alpha value is -0.0400. The summed E-state index contributed by atoms with van der Waals surface area (Å²) in [6.07, 6.45) is 2.72. The van der Waals surface area contributed by atoms with Crippen LogP contribution in [0.3, 0.4) is 0 Å². The van der Waals surface area contributed by atoms with Crippen LogP contribution >= 0.6 is 0 Å². The highest BCUT2D eigenvalue weighted by atomic mass is 15.4. The minimum absolute atomic E-state index is 0.666. The van der Waals surface area contributed by atoms with Gasteiger partial charge in [-0.15, -0.1) is 0 Å². The van der Waals surface area contributed by atoms with Gasteiger partial charge in [-0.05, 0) is 19.8 Å². The summed E-state index contributed by atoms with van der Waals surface area (Å²) < 4.78 is 1.21. The Labute approximate surface area is 83.7 Å². The molecule has 78 valence electrons. The van der Waals surface area contributed by atoms with Crippen LogP contribution in [-0.2, 0) is 0 Å². The van der Waals surface area contributed by atoms with E-state index in [0.717, 1.165) is 12.0 Å². The monoisotopic (exact) mass is 184 g/mol. The smallest absolute Gasteiger partial charge is 0.0981 e. The molecule has 13 heavy (non-hydrogen) atoms. The second kappa shape index (κ2) is 3.27. The highest BCUT2D eigenvalue weighted by molar-refractivity contribution is 5.08. The highest BCUT2D eigenvalue weighted by Gasteiger charge is 2.67. The van der Waals surface area contributed by atoms with Gasteiger partial charge in [-0.1, -0.05) is 20.8 Å². The molecule has 0 bridgehead atoms. The van der Waals surface area contributed by atoms with Crippen molar-refractivity contribution in [1.82, 2.24) is 0 Å². The summed E-state index contributed by atoms with van der Waals surface area (Å²) in [5, 5.41) is 0. The Kier molecular flexibility index (Phi) is 2.78. The van der Waals surface area contributed by atoms with Crippen LogP contribution in [0.2, 0.25) is 0 Å². The third kappa shape index (κ3) is 1.41. The molecule has 0 heterocycles. The van der Waals surface area contributed by atoms with Crippen molar-refractivity contribution >= 4 is 0 Å². The molecule has 1 aliphatic rings. The maximum atomic E-state index is 2.44. The Morgan fingerprint density at radius 3 is 1.77 bits per heavy atom. The minimum atomic E-state index is 0.666. The average Bonchev–Trinajstić information content (AvgIpc) is 2.72. The summed E-state index contributed by atoms with van der Waals surface area (Å²) in [5.74, 6) is 0.928. The number of quaternary nitrogens is 1. The lowest BCUT2D eigenvalue weighted by molar-refractivity contribution is -0.904. The summed E-state index contributed by atoms with van der Waals surface area (Å²) in [5.41, 5.74) is 0.666. The zero-order chi connectivity index (χ0) is 10.3. The SMILES string of the molecule is CCC1(CC)C(C)C1[N+](C)(C)CC. The molecular weight excluding hydrogens is 158 g/mol. The van der Waals surface area contributed by atoms with E-state index in [2.05, 4.69) is 41.8 Å². The first-order valence-electron chi connectivity index (χ1n) is 5.79. The van der Waals surface area contributed by atoms with E-state index >= 15 is 0 Å². The zero-order valence-corrected chi connectivity index (χ0v) is 10.2. The molecule has 0 amide bonds. The lowest BCUT2D eigenvalue weighted by Crippen LogP contribution is -2.44. The summed E-state index contributed by atoms with van der Waals surface area (Å²) in [4.78, 5) is 0. The molecule has 0 aromatic carbocycles. The van der Waals surface area contributed by atoms with Gasteiger partial charge in [0.05, 0.1) is 26.7 Å². The number of hydrogen-bond acceptors (Lipinski definition) is 0. The molecule has 1 fully saturated rings.